The van der Waals surface area contributed by atoms with Gasteiger partial charge in [0.1, 0.15) is 0 Å². The zero-order chi connectivity index (χ0) is 9.56. The Balaban J connectivity index is 3.83. The Hall–Kier alpha value is -1.06. The van der Waals surface area contributed by atoms with Gasteiger partial charge < -0.3 is 9.84 Å². The second kappa shape index (κ2) is 5.57. The molecular formula is C8H14O4. The summed E-state index contributed by atoms with van der Waals surface area (Å²) in [6.45, 7) is 1.84. The molecule has 1 N–H and O–H groups in total. The molecule has 0 saturated heterocycles. The normalized spacial score (nSPS) is 12.2. The third-order valence-electron chi connectivity index (χ3n) is 1.73. The molecule has 4 heteroatoms. The fourth-order valence-corrected chi connectivity index (χ4v) is 0.953. The SMILES string of the molecule is CCC(CCC(=O)O)C(=O)OC. The minimum atomic E-state index is -0.877. The van der Waals surface area contributed by atoms with Crippen molar-refractivity contribution in [2.24, 2.45) is 5.92 Å². The first-order valence-corrected chi connectivity index (χ1v) is 3.91. The van der Waals surface area contributed by atoms with Crippen LogP contribution in [0.5, 0.6) is 0 Å². The fourth-order valence-electron chi connectivity index (χ4n) is 0.953. The van der Waals surface area contributed by atoms with E-state index in [4.69, 9.17) is 5.11 Å². The lowest BCUT2D eigenvalue weighted by molar-refractivity contribution is -0.146. The van der Waals surface area contributed by atoms with Gasteiger partial charge in [-0.1, -0.05) is 6.92 Å². The maximum absolute atomic E-state index is 10.9. The third kappa shape index (κ3) is 3.95. The Bertz CT molecular complexity index is 164. The van der Waals surface area contributed by atoms with E-state index in [9.17, 15) is 9.59 Å². The standard InChI is InChI=1S/C8H14O4/c1-3-6(8(11)12-2)4-5-7(9)10/h6H,3-5H2,1-2H3,(H,9,10). The van der Waals surface area contributed by atoms with Crippen LogP contribution in [0.15, 0.2) is 0 Å². The molecule has 1 atom stereocenters. The molecule has 1 unspecified atom stereocenters. The molecule has 0 fully saturated rings. The molecule has 4 nitrogen and oxygen atoms in total. The van der Waals surface area contributed by atoms with Crippen LogP contribution in [0.25, 0.3) is 0 Å². The summed E-state index contributed by atoms with van der Waals surface area (Å²) in [7, 11) is 1.31. The number of aliphatic carboxylic acids is 1. The molecule has 0 amide bonds. The molecule has 0 aromatic carbocycles. The number of hydrogen-bond acceptors (Lipinski definition) is 3. The summed E-state index contributed by atoms with van der Waals surface area (Å²) < 4.78 is 4.50. The molecule has 0 aromatic rings. The Morgan fingerprint density at radius 2 is 2.08 bits per heavy atom. The van der Waals surface area contributed by atoms with Gasteiger partial charge in [-0.2, -0.15) is 0 Å². The lowest BCUT2D eigenvalue weighted by atomic mass is 10.0. The first-order chi connectivity index (χ1) is 5.61. The molecule has 0 aromatic heterocycles. The predicted octanol–water partition coefficient (Wildman–Crippen LogP) is 1.05. The van der Waals surface area contributed by atoms with Crippen molar-refractivity contribution in [2.75, 3.05) is 7.11 Å². The predicted molar refractivity (Wildman–Crippen MR) is 42.7 cm³/mol. The van der Waals surface area contributed by atoms with Gasteiger partial charge in [-0.3, -0.25) is 9.59 Å². The Kier molecular flexibility index (Phi) is 5.08. The van der Waals surface area contributed by atoms with Crippen molar-refractivity contribution in [1.29, 1.82) is 0 Å². The summed E-state index contributed by atoms with van der Waals surface area (Å²) in [5, 5.41) is 8.36. The van der Waals surface area contributed by atoms with E-state index in [1.165, 1.54) is 7.11 Å². The van der Waals surface area contributed by atoms with Gasteiger partial charge in [0.05, 0.1) is 13.0 Å². The first kappa shape index (κ1) is 10.9. The van der Waals surface area contributed by atoms with Crippen LogP contribution >= 0.6 is 0 Å². The highest BCUT2D eigenvalue weighted by Gasteiger charge is 2.17. The van der Waals surface area contributed by atoms with E-state index in [1.54, 1.807) is 0 Å². The molecule has 0 spiro atoms. The van der Waals surface area contributed by atoms with E-state index in [2.05, 4.69) is 4.74 Å². The highest BCUT2D eigenvalue weighted by molar-refractivity contribution is 5.73. The molecule has 70 valence electrons. The van der Waals surface area contributed by atoms with Crippen LogP contribution in [-0.4, -0.2) is 24.2 Å². The Morgan fingerprint density at radius 3 is 2.42 bits per heavy atom. The van der Waals surface area contributed by atoms with Crippen LogP contribution in [0, 0.1) is 5.92 Å². The average molecular weight is 174 g/mol. The summed E-state index contributed by atoms with van der Waals surface area (Å²) in [6.07, 6.45) is 1.01. The van der Waals surface area contributed by atoms with Gasteiger partial charge in [0.2, 0.25) is 0 Å². The molecule has 0 aliphatic carbocycles. The average Bonchev–Trinajstić information content (AvgIpc) is 2.04. The quantitative estimate of drug-likeness (QED) is 0.633. The lowest BCUT2D eigenvalue weighted by Gasteiger charge is -2.09. The summed E-state index contributed by atoms with van der Waals surface area (Å²) in [4.78, 5) is 21.1. The van der Waals surface area contributed by atoms with Crippen molar-refractivity contribution in [1.82, 2.24) is 0 Å². The minimum Gasteiger partial charge on any atom is -0.481 e. The van der Waals surface area contributed by atoms with Crippen molar-refractivity contribution in [3.05, 3.63) is 0 Å². The van der Waals surface area contributed by atoms with Crippen molar-refractivity contribution in [3.8, 4) is 0 Å². The minimum absolute atomic E-state index is 0.0214. The third-order valence-corrected chi connectivity index (χ3v) is 1.73. The van der Waals surface area contributed by atoms with Gasteiger partial charge in [0, 0.05) is 6.42 Å². The number of ether oxygens (including phenoxy) is 1. The monoisotopic (exact) mass is 174 g/mol. The molecular weight excluding hydrogens is 160 g/mol. The van der Waals surface area contributed by atoms with Crippen molar-refractivity contribution >= 4 is 11.9 Å². The lowest BCUT2D eigenvalue weighted by Crippen LogP contribution is -2.16. The van der Waals surface area contributed by atoms with Crippen LogP contribution in [0.3, 0.4) is 0 Å². The molecule has 0 rings (SSSR count). The molecule has 0 heterocycles. The fraction of sp³-hybridized carbons (Fsp3) is 0.750. The summed E-state index contributed by atoms with van der Waals surface area (Å²) >= 11 is 0. The number of carboxylic acid groups (broad SMARTS) is 1. The smallest absolute Gasteiger partial charge is 0.308 e. The number of esters is 1. The topological polar surface area (TPSA) is 63.6 Å². The molecule has 0 radical (unpaired) electrons. The second-order valence-electron chi connectivity index (χ2n) is 2.56. The van der Waals surface area contributed by atoms with Crippen molar-refractivity contribution < 1.29 is 19.4 Å². The van der Waals surface area contributed by atoms with E-state index in [1.807, 2.05) is 6.92 Å². The second-order valence-corrected chi connectivity index (χ2v) is 2.56. The van der Waals surface area contributed by atoms with Gasteiger partial charge in [0.25, 0.3) is 0 Å². The van der Waals surface area contributed by atoms with Gasteiger partial charge in [-0.05, 0) is 12.8 Å². The number of hydrogen-bond donors (Lipinski definition) is 1. The van der Waals surface area contributed by atoms with Crippen molar-refractivity contribution in [3.63, 3.8) is 0 Å². The molecule has 0 saturated carbocycles. The summed E-state index contributed by atoms with van der Waals surface area (Å²) in [6, 6.07) is 0. The highest BCUT2D eigenvalue weighted by Crippen LogP contribution is 2.12. The highest BCUT2D eigenvalue weighted by atomic mass is 16.5. The maximum atomic E-state index is 10.9. The Labute approximate surface area is 71.5 Å². The molecule has 12 heavy (non-hydrogen) atoms. The van der Waals surface area contributed by atoms with Crippen LogP contribution in [0.1, 0.15) is 26.2 Å². The Morgan fingerprint density at radius 1 is 1.50 bits per heavy atom. The largest absolute Gasteiger partial charge is 0.481 e. The van der Waals surface area contributed by atoms with Gasteiger partial charge in [-0.15, -0.1) is 0 Å². The van der Waals surface area contributed by atoms with Crippen LogP contribution in [-0.2, 0) is 14.3 Å². The van der Waals surface area contributed by atoms with E-state index >= 15 is 0 Å². The van der Waals surface area contributed by atoms with E-state index < -0.39 is 5.97 Å². The zero-order valence-corrected chi connectivity index (χ0v) is 7.37. The molecule has 0 aliphatic rings. The number of rotatable bonds is 5. The van der Waals surface area contributed by atoms with E-state index in [-0.39, 0.29) is 18.3 Å². The van der Waals surface area contributed by atoms with Gasteiger partial charge >= 0.3 is 11.9 Å². The van der Waals surface area contributed by atoms with Gasteiger partial charge in [-0.25, -0.2) is 0 Å². The number of carboxylic acids is 1. The van der Waals surface area contributed by atoms with E-state index in [0.717, 1.165) is 0 Å². The van der Waals surface area contributed by atoms with Crippen molar-refractivity contribution in [2.45, 2.75) is 26.2 Å². The maximum Gasteiger partial charge on any atom is 0.308 e. The number of carbonyl (C=O) groups is 2. The van der Waals surface area contributed by atoms with Crippen LogP contribution < -0.4 is 0 Å². The van der Waals surface area contributed by atoms with Gasteiger partial charge in [0.15, 0.2) is 0 Å². The van der Waals surface area contributed by atoms with Crippen LogP contribution in [0.2, 0.25) is 0 Å². The number of methoxy groups -OCH3 is 1. The molecule has 0 aliphatic heterocycles. The zero-order valence-electron chi connectivity index (χ0n) is 7.37. The van der Waals surface area contributed by atoms with E-state index in [0.29, 0.717) is 12.8 Å². The summed E-state index contributed by atoms with van der Waals surface area (Å²) in [5.41, 5.74) is 0. The summed E-state index contributed by atoms with van der Waals surface area (Å²) in [5.74, 6) is -1.47. The first-order valence-electron chi connectivity index (χ1n) is 3.91. The molecule has 0 bridgehead atoms. The number of carbonyl (C=O) groups excluding carboxylic acids is 1. The van der Waals surface area contributed by atoms with Crippen LogP contribution in [0.4, 0.5) is 0 Å².